The van der Waals surface area contributed by atoms with E-state index in [-0.39, 0.29) is 43.0 Å². The van der Waals surface area contributed by atoms with E-state index in [4.69, 9.17) is 5.14 Å². The Balaban J connectivity index is 2.56. The second kappa shape index (κ2) is 5.01. The van der Waals surface area contributed by atoms with Gasteiger partial charge < -0.3 is 9.80 Å². The Labute approximate surface area is 101 Å². The van der Waals surface area contributed by atoms with Crippen LogP contribution in [0.15, 0.2) is 0 Å². The molecule has 0 aromatic rings. The zero-order valence-electron chi connectivity index (χ0n) is 9.92. The number of amides is 2. The van der Waals surface area contributed by atoms with E-state index in [9.17, 15) is 18.0 Å². The first kappa shape index (κ1) is 13.9. The molecule has 0 radical (unpaired) electrons. The number of nitrogens with zero attached hydrogens (tertiary/aromatic N) is 2. The third kappa shape index (κ3) is 4.31. The van der Waals surface area contributed by atoms with Gasteiger partial charge in [-0.05, 0) is 0 Å². The van der Waals surface area contributed by atoms with Crippen molar-refractivity contribution in [3.05, 3.63) is 0 Å². The summed E-state index contributed by atoms with van der Waals surface area (Å²) in [6.07, 6.45) is 0.136. The summed E-state index contributed by atoms with van der Waals surface area (Å²) in [5.74, 6) is -0.915. The maximum atomic E-state index is 11.5. The van der Waals surface area contributed by atoms with Crippen molar-refractivity contribution in [2.45, 2.75) is 6.42 Å². The van der Waals surface area contributed by atoms with E-state index in [1.807, 2.05) is 0 Å². The van der Waals surface area contributed by atoms with Crippen LogP contribution < -0.4 is 5.14 Å². The minimum atomic E-state index is -3.57. The van der Waals surface area contributed by atoms with Gasteiger partial charge in [-0.3, -0.25) is 9.59 Å². The molecule has 1 fully saturated rings. The molecule has 98 valence electrons. The molecule has 0 bridgehead atoms. The summed E-state index contributed by atoms with van der Waals surface area (Å²) in [5, 5.41) is 4.92. The predicted molar refractivity (Wildman–Crippen MR) is 61.4 cm³/mol. The summed E-state index contributed by atoms with van der Waals surface area (Å²) in [6.45, 7) is 0.266. The number of rotatable bonds is 4. The summed E-state index contributed by atoms with van der Waals surface area (Å²) in [4.78, 5) is 25.7. The Morgan fingerprint density at radius 2 is 2.12 bits per heavy atom. The van der Waals surface area contributed by atoms with Crippen LogP contribution in [0.1, 0.15) is 6.42 Å². The SMILES string of the molecule is CN(C)C(=O)CN1CC(CS(N)(=O)=O)CC1=O. The molecule has 0 aliphatic carbocycles. The molecule has 0 spiro atoms. The topological polar surface area (TPSA) is 101 Å². The highest BCUT2D eigenvalue weighted by molar-refractivity contribution is 7.89. The van der Waals surface area contributed by atoms with Crippen molar-refractivity contribution in [2.24, 2.45) is 11.1 Å². The summed E-state index contributed by atoms with van der Waals surface area (Å²) in [6, 6.07) is 0. The third-order valence-corrected chi connectivity index (χ3v) is 3.52. The van der Waals surface area contributed by atoms with Gasteiger partial charge in [0.25, 0.3) is 0 Å². The normalized spacial score (nSPS) is 20.8. The fourth-order valence-electron chi connectivity index (χ4n) is 1.75. The second-order valence-corrected chi connectivity index (χ2v) is 6.12. The maximum absolute atomic E-state index is 11.5. The maximum Gasteiger partial charge on any atom is 0.241 e. The largest absolute Gasteiger partial charge is 0.347 e. The van der Waals surface area contributed by atoms with E-state index in [0.717, 1.165) is 0 Å². The minimum Gasteiger partial charge on any atom is -0.347 e. The number of likely N-dealkylation sites (tertiary alicyclic amines) is 1. The summed E-state index contributed by atoms with van der Waals surface area (Å²) in [5.41, 5.74) is 0. The molecule has 0 saturated carbocycles. The van der Waals surface area contributed by atoms with Crippen LogP contribution in [0.5, 0.6) is 0 Å². The van der Waals surface area contributed by atoms with Crippen LogP contribution in [0.25, 0.3) is 0 Å². The first-order valence-electron chi connectivity index (χ1n) is 5.17. The highest BCUT2D eigenvalue weighted by Crippen LogP contribution is 2.18. The molecule has 0 aromatic carbocycles. The Hall–Kier alpha value is -1.15. The summed E-state index contributed by atoms with van der Waals surface area (Å²) in [7, 11) is -0.370. The van der Waals surface area contributed by atoms with E-state index >= 15 is 0 Å². The van der Waals surface area contributed by atoms with Crippen molar-refractivity contribution in [2.75, 3.05) is 32.9 Å². The van der Waals surface area contributed by atoms with Gasteiger partial charge in [-0.2, -0.15) is 0 Å². The number of primary sulfonamides is 1. The first-order valence-corrected chi connectivity index (χ1v) is 6.89. The number of sulfonamides is 1. The van der Waals surface area contributed by atoms with E-state index in [0.29, 0.717) is 0 Å². The van der Waals surface area contributed by atoms with Crippen LogP contribution in [-0.2, 0) is 19.6 Å². The lowest BCUT2D eigenvalue weighted by molar-refractivity contribution is -0.136. The highest BCUT2D eigenvalue weighted by atomic mass is 32.2. The number of hydrogen-bond acceptors (Lipinski definition) is 4. The number of carbonyl (C=O) groups is 2. The van der Waals surface area contributed by atoms with E-state index in [1.165, 1.54) is 9.80 Å². The molecular weight excluding hydrogens is 246 g/mol. The zero-order valence-corrected chi connectivity index (χ0v) is 10.7. The van der Waals surface area contributed by atoms with Crippen LogP contribution >= 0.6 is 0 Å². The van der Waals surface area contributed by atoms with Crippen molar-refractivity contribution in [1.82, 2.24) is 9.80 Å². The number of nitrogens with two attached hydrogens (primary N) is 1. The lowest BCUT2D eigenvalue weighted by Crippen LogP contribution is -2.37. The van der Waals surface area contributed by atoms with Crippen molar-refractivity contribution >= 4 is 21.8 Å². The van der Waals surface area contributed by atoms with Crippen LogP contribution in [0, 0.1) is 5.92 Å². The lowest BCUT2D eigenvalue weighted by atomic mass is 10.1. The molecular formula is C9H17N3O4S. The molecule has 0 aromatic heterocycles. The van der Waals surface area contributed by atoms with Gasteiger partial charge >= 0.3 is 0 Å². The lowest BCUT2D eigenvalue weighted by Gasteiger charge is -2.18. The average molecular weight is 263 g/mol. The zero-order chi connectivity index (χ0) is 13.2. The molecule has 1 aliphatic heterocycles. The molecule has 1 saturated heterocycles. The molecule has 1 heterocycles. The van der Waals surface area contributed by atoms with Gasteiger partial charge in [-0.1, -0.05) is 0 Å². The van der Waals surface area contributed by atoms with Gasteiger partial charge in [0.2, 0.25) is 21.8 Å². The Morgan fingerprint density at radius 1 is 1.53 bits per heavy atom. The van der Waals surface area contributed by atoms with Gasteiger partial charge in [0.05, 0.1) is 12.3 Å². The molecule has 1 aliphatic rings. The minimum absolute atomic E-state index is 0.00699. The standard InChI is InChI=1S/C9H17N3O4S/c1-11(2)9(14)5-12-4-7(3-8(12)13)6-17(10,15)16/h7H,3-6H2,1-2H3,(H2,10,15,16). The third-order valence-electron chi connectivity index (χ3n) is 2.59. The first-order chi connectivity index (χ1) is 7.69. The summed E-state index contributed by atoms with van der Waals surface area (Å²) >= 11 is 0. The van der Waals surface area contributed by atoms with Crippen molar-refractivity contribution in [3.8, 4) is 0 Å². The predicted octanol–water partition coefficient (Wildman–Crippen LogP) is -1.79. The summed E-state index contributed by atoms with van der Waals surface area (Å²) < 4.78 is 21.8. The fourth-order valence-corrected chi connectivity index (χ4v) is 2.63. The molecule has 1 rings (SSSR count). The molecule has 1 atom stereocenters. The number of carbonyl (C=O) groups excluding carboxylic acids is 2. The van der Waals surface area contributed by atoms with Gasteiger partial charge in [0, 0.05) is 33.0 Å². The van der Waals surface area contributed by atoms with Crippen molar-refractivity contribution < 1.29 is 18.0 Å². The van der Waals surface area contributed by atoms with Crippen LogP contribution in [0.4, 0.5) is 0 Å². The molecule has 7 nitrogen and oxygen atoms in total. The average Bonchev–Trinajstić information content (AvgIpc) is 2.43. The van der Waals surface area contributed by atoms with Crippen molar-refractivity contribution in [3.63, 3.8) is 0 Å². The van der Waals surface area contributed by atoms with Gasteiger partial charge in [0.1, 0.15) is 0 Å². The van der Waals surface area contributed by atoms with Crippen LogP contribution in [-0.4, -0.2) is 63.0 Å². The fraction of sp³-hybridized carbons (Fsp3) is 0.778. The number of likely N-dealkylation sites (N-methyl/N-ethyl adjacent to an activating group) is 1. The Bertz CT molecular complexity index is 418. The van der Waals surface area contributed by atoms with E-state index < -0.39 is 10.0 Å². The van der Waals surface area contributed by atoms with E-state index in [1.54, 1.807) is 14.1 Å². The molecule has 8 heteroatoms. The highest BCUT2D eigenvalue weighted by Gasteiger charge is 2.33. The molecule has 2 N–H and O–H groups in total. The Kier molecular flexibility index (Phi) is 4.10. The van der Waals surface area contributed by atoms with Gasteiger partial charge in [-0.15, -0.1) is 0 Å². The number of hydrogen-bond donors (Lipinski definition) is 1. The molecule has 17 heavy (non-hydrogen) atoms. The molecule has 2 amide bonds. The monoisotopic (exact) mass is 263 g/mol. The molecule has 1 unspecified atom stereocenters. The van der Waals surface area contributed by atoms with Gasteiger partial charge in [-0.25, -0.2) is 13.6 Å². The Morgan fingerprint density at radius 3 is 2.59 bits per heavy atom. The quantitative estimate of drug-likeness (QED) is 0.647. The van der Waals surface area contributed by atoms with E-state index in [2.05, 4.69) is 0 Å². The smallest absolute Gasteiger partial charge is 0.241 e. The van der Waals surface area contributed by atoms with Crippen LogP contribution in [0.3, 0.4) is 0 Å². The second-order valence-electron chi connectivity index (χ2n) is 4.46. The van der Waals surface area contributed by atoms with Crippen LogP contribution in [0.2, 0.25) is 0 Å². The van der Waals surface area contributed by atoms with Crippen molar-refractivity contribution in [1.29, 1.82) is 0 Å². The van der Waals surface area contributed by atoms with Gasteiger partial charge in [0.15, 0.2) is 0 Å².